The highest BCUT2D eigenvalue weighted by molar-refractivity contribution is 9.10. The van der Waals surface area contributed by atoms with Gasteiger partial charge in [-0.15, -0.1) is 0 Å². The molecule has 3 aromatic rings. The normalized spacial score (nSPS) is 11.1. The van der Waals surface area contributed by atoms with Crippen LogP contribution in [0.1, 0.15) is 5.56 Å². The number of rotatable bonds is 1. The van der Waals surface area contributed by atoms with Crippen molar-refractivity contribution in [2.75, 3.05) is 5.73 Å². The highest BCUT2D eigenvalue weighted by atomic mass is 79.9. The highest BCUT2D eigenvalue weighted by Crippen LogP contribution is 2.29. The van der Waals surface area contributed by atoms with E-state index in [1.165, 1.54) is 0 Å². The van der Waals surface area contributed by atoms with Gasteiger partial charge < -0.3 is 10.7 Å². The number of imidazole rings is 1. The molecule has 1 heterocycles. The summed E-state index contributed by atoms with van der Waals surface area (Å²) in [6.45, 7) is 1.97. The van der Waals surface area contributed by atoms with Crippen molar-refractivity contribution in [2.45, 2.75) is 6.92 Å². The van der Waals surface area contributed by atoms with Gasteiger partial charge >= 0.3 is 0 Å². The lowest BCUT2D eigenvalue weighted by atomic mass is 10.1. The lowest BCUT2D eigenvalue weighted by molar-refractivity contribution is 1.32. The van der Waals surface area contributed by atoms with Gasteiger partial charge in [-0.1, -0.05) is 27.5 Å². The molecular formula is C14H11BrClN3. The zero-order valence-corrected chi connectivity index (χ0v) is 12.5. The average molecular weight is 337 g/mol. The number of aryl methyl sites for hydroxylation is 1. The van der Waals surface area contributed by atoms with Crippen LogP contribution < -0.4 is 5.73 Å². The maximum Gasteiger partial charge on any atom is 0.138 e. The number of aromatic amines is 1. The monoisotopic (exact) mass is 335 g/mol. The lowest BCUT2D eigenvalue weighted by Gasteiger charge is -2.00. The quantitative estimate of drug-likeness (QED) is 0.641. The van der Waals surface area contributed by atoms with E-state index >= 15 is 0 Å². The largest absolute Gasteiger partial charge is 0.397 e. The van der Waals surface area contributed by atoms with Crippen LogP contribution in [-0.4, -0.2) is 9.97 Å². The zero-order valence-electron chi connectivity index (χ0n) is 10.2. The van der Waals surface area contributed by atoms with Crippen molar-refractivity contribution in [1.29, 1.82) is 0 Å². The molecule has 0 spiro atoms. The van der Waals surface area contributed by atoms with Crippen LogP contribution in [0.3, 0.4) is 0 Å². The summed E-state index contributed by atoms with van der Waals surface area (Å²) < 4.78 is 0.931. The van der Waals surface area contributed by atoms with Crippen LogP contribution in [0.15, 0.2) is 34.8 Å². The second-order valence-electron chi connectivity index (χ2n) is 4.44. The number of fused-ring (bicyclic) bond motifs is 1. The first kappa shape index (κ1) is 12.5. The first-order chi connectivity index (χ1) is 9.04. The molecule has 0 radical (unpaired) electrons. The molecule has 0 amide bonds. The van der Waals surface area contributed by atoms with Crippen LogP contribution >= 0.6 is 27.5 Å². The van der Waals surface area contributed by atoms with E-state index in [9.17, 15) is 0 Å². The number of nitrogens with one attached hydrogen (secondary N) is 1. The third-order valence-corrected chi connectivity index (χ3v) is 3.89. The number of hydrogen-bond donors (Lipinski definition) is 2. The molecule has 3 N–H and O–H groups in total. The van der Waals surface area contributed by atoms with Gasteiger partial charge in [-0.25, -0.2) is 4.98 Å². The van der Waals surface area contributed by atoms with Gasteiger partial charge in [-0.05, 0) is 42.8 Å². The molecule has 0 atom stereocenters. The Labute approximate surface area is 123 Å². The summed E-state index contributed by atoms with van der Waals surface area (Å²) in [7, 11) is 0. The summed E-state index contributed by atoms with van der Waals surface area (Å²) >= 11 is 9.46. The van der Waals surface area contributed by atoms with E-state index in [1.807, 2.05) is 37.3 Å². The Hall–Kier alpha value is -1.52. The molecule has 96 valence electrons. The molecule has 0 saturated heterocycles. The summed E-state index contributed by atoms with van der Waals surface area (Å²) in [5, 5.41) is 0.752. The van der Waals surface area contributed by atoms with Gasteiger partial charge in [-0.2, -0.15) is 0 Å². The van der Waals surface area contributed by atoms with E-state index in [4.69, 9.17) is 17.3 Å². The van der Waals surface area contributed by atoms with E-state index in [2.05, 4.69) is 25.9 Å². The number of hydrogen-bond acceptors (Lipinski definition) is 2. The first-order valence-electron chi connectivity index (χ1n) is 5.76. The number of nitrogen functional groups attached to an aromatic ring is 1. The Bertz CT molecular complexity index is 780. The van der Waals surface area contributed by atoms with Crippen molar-refractivity contribution in [1.82, 2.24) is 9.97 Å². The van der Waals surface area contributed by atoms with Crippen molar-refractivity contribution in [3.63, 3.8) is 0 Å². The molecule has 0 aliphatic carbocycles. The smallest absolute Gasteiger partial charge is 0.138 e. The van der Waals surface area contributed by atoms with E-state index in [-0.39, 0.29) is 0 Å². The zero-order chi connectivity index (χ0) is 13.6. The second kappa shape index (κ2) is 4.54. The van der Waals surface area contributed by atoms with Crippen LogP contribution in [0.25, 0.3) is 22.4 Å². The Kier molecular flexibility index (Phi) is 2.99. The molecule has 0 bridgehead atoms. The molecule has 0 aliphatic heterocycles. The third kappa shape index (κ3) is 2.22. The molecule has 1 aromatic heterocycles. The molecule has 3 rings (SSSR count). The fourth-order valence-corrected chi connectivity index (χ4v) is 2.63. The van der Waals surface area contributed by atoms with E-state index in [0.29, 0.717) is 5.69 Å². The van der Waals surface area contributed by atoms with Crippen LogP contribution in [0.5, 0.6) is 0 Å². The molecule has 19 heavy (non-hydrogen) atoms. The van der Waals surface area contributed by atoms with E-state index < -0.39 is 0 Å². The molecule has 5 heteroatoms. The van der Waals surface area contributed by atoms with Crippen molar-refractivity contribution in [2.24, 2.45) is 0 Å². The molecule has 3 nitrogen and oxygen atoms in total. The number of nitrogens with two attached hydrogens (primary N) is 1. The van der Waals surface area contributed by atoms with Gasteiger partial charge in [0, 0.05) is 15.1 Å². The number of nitrogens with zero attached hydrogens (tertiary/aromatic N) is 1. The summed E-state index contributed by atoms with van der Waals surface area (Å²) in [6.07, 6.45) is 0. The molecule has 0 saturated carbocycles. The molecular weight excluding hydrogens is 326 g/mol. The number of halogens is 2. The second-order valence-corrected chi connectivity index (χ2v) is 5.76. The van der Waals surface area contributed by atoms with Crippen molar-refractivity contribution >= 4 is 44.3 Å². The summed E-state index contributed by atoms with van der Waals surface area (Å²) in [4.78, 5) is 7.83. The fraction of sp³-hybridized carbons (Fsp3) is 0.0714. The van der Waals surface area contributed by atoms with Gasteiger partial charge in [0.2, 0.25) is 0 Å². The third-order valence-electron chi connectivity index (χ3n) is 3.01. The fourth-order valence-electron chi connectivity index (χ4n) is 2.04. The Morgan fingerprint density at radius 1 is 1.26 bits per heavy atom. The number of benzene rings is 2. The van der Waals surface area contributed by atoms with Gasteiger partial charge in [0.1, 0.15) is 11.3 Å². The summed E-state index contributed by atoms with van der Waals surface area (Å²) in [6, 6.07) is 9.63. The minimum absolute atomic E-state index is 0.651. The number of anilines is 1. The van der Waals surface area contributed by atoms with Gasteiger partial charge in [0.25, 0.3) is 0 Å². The lowest BCUT2D eigenvalue weighted by Crippen LogP contribution is -1.86. The van der Waals surface area contributed by atoms with Crippen LogP contribution in [-0.2, 0) is 0 Å². The predicted molar refractivity (Wildman–Crippen MR) is 83.4 cm³/mol. The maximum atomic E-state index is 6.04. The molecule has 0 fully saturated rings. The van der Waals surface area contributed by atoms with Crippen LogP contribution in [0, 0.1) is 6.92 Å². The van der Waals surface area contributed by atoms with Crippen molar-refractivity contribution in [3.8, 4) is 11.4 Å². The summed E-state index contributed by atoms with van der Waals surface area (Å²) in [5.41, 5.74) is 10.3. The first-order valence-corrected chi connectivity index (χ1v) is 6.93. The summed E-state index contributed by atoms with van der Waals surface area (Å²) in [5.74, 6) is 0.791. The number of aromatic nitrogens is 2. The Morgan fingerprint density at radius 2 is 2.05 bits per heavy atom. The van der Waals surface area contributed by atoms with Crippen molar-refractivity contribution < 1.29 is 0 Å². The Balaban J connectivity index is 2.20. The van der Waals surface area contributed by atoms with Gasteiger partial charge in [0.05, 0.1) is 11.2 Å². The topological polar surface area (TPSA) is 54.7 Å². The molecule has 2 aromatic carbocycles. The minimum Gasteiger partial charge on any atom is -0.397 e. The highest BCUT2D eigenvalue weighted by Gasteiger charge is 2.09. The van der Waals surface area contributed by atoms with E-state index in [1.54, 1.807) is 0 Å². The van der Waals surface area contributed by atoms with Gasteiger partial charge in [0.15, 0.2) is 0 Å². The minimum atomic E-state index is 0.651. The SMILES string of the molecule is Cc1cc(-c2nc3c(N)cc(Br)cc3[nH]2)ccc1Cl. The van der Waals surface area contributed by atoms with Crippen molar-refractivity contribution in [3.05, 3.63) is 45.4 Å². The molecule has 0 unspecified atom stereocenters. The maximum absolute atomic E-state index is 6.04. The van der Waals surface area contributed by atoms with E-state index in [0.717, 1.165) is 37.5 Å². The van der Waals surface area contributed by atoms with Gasteiger partial charge in [-0.3, -0.25) is 0 Å². The standard InChI is InChI=1S/C14H11BrClN3/c1-7-4-8(2-3-10(7)16)14-18-12-6-9(15)5-11(17)13(12)19-14/h2-6H,17H2,1H3,(H,18,19). The van der Waals surface area contributed by atoms with Crippen LogP contribution in [0.4, 0.5) is 5.69 Å². The molecule has 0 aliphatic rings. The Morgan fingerprint density at radius 3 is 2.79 bits per heavy atom. The average Bonchev–Trinajstić information content (AvgIpc) is 2.76. The number of H-pyrrole nitrogens is 1. The van der Waals surface area contributed by atoms with Crippen LogP contribution in [0.2, 0.25) is 5.02 Å². The predicted octanol–water partition coefficient (Wildman–Crippen LogP) is 4.54.